The third-order valence-corrected chi connectivity index (χ3v) is 5.29. The molecule has 0 amide bonds. The molecule has 0 spiro atoms. The van der Waals surface area contributed by atoms with Crippen LogP contribution in [0.1, 0.15) is 39.7 Å². The lowest BCUT2D eigenvalue weighted by Crippen LogP contribution is -2.25. The molecule has 2 N–H and O–H groups in total. The fourth-order valence-electron chi connectivity index (χ4n) is 2.54. The minimum atomic E-state index is -4.28. The maximum absolute atomic E-state index is 11.4. The van der Waals surface area contributed by atoms with Gasteiger partial charge in [-0.05, 0) is 31.9 Å². The fraction of sp³-hybridized carbons (Fsp3) is 0.412. The number of carboxylic acid groups (broad SMARTS) is 1. The van der Waals surface area contributed by atoms with E-state index in [1.807, 2.05) is 20.8 Å². The van der Waals surface area contributed by atoms with E-state index in [9.17, 15) is 17.8 Å². The van der Waals surface area contributed by atoms with Crippen molar-refractivity contribution in [3.63, 3.8) is 0 Å². The van der Waals surface area contributed by atoms with E-state index in [0.29, 0.717) is 0 Å². The maximum Gasteiger partial charge on any atom is 0.307 e. The first kappa shape index (κ1) is 18.2. The summed E-state index contributed by atoms with van der Waals surface area (Å²) in [5, 5.41) is 8.91. The van der Waals surface area contributed by atoms with E-state index >= 15 is 0 Å². The van der Waals surface area contributed by atoms with Crippen molar-refractivity contribution in [1.82, 2.24) is 0 Å². The van der Waals surface area contributed by atoms with Gasteiger partial charge in [0, 0.05) is 25.0 Å². The molecule has 0 fully saturated rings. The van der Waals surface area contributed by atoms with Crippen LogP contribution in [0.3, 0.4) is 0 Å². The van der Waals surface area contributed by atoms with Crippen molar-refractivity contribution in [3.8, 4) is 12.0 Å². The topological polar surface area (TPSA) is 94.7 Å². The van der Waals surface area contributed by atoms with Gasteiger partial charge in [0.05, 0.1) is 16.2 Å². The number of nitrogens with zero attached hydrogens (tertiary/aromatic N) is 1. The van der Waals surface area contributed by atoms with Gasteiger partial charge >= 0.3 is 5.97 Å². The second-order valence-corrected chi connectivity index (χ2v) is 7.85. The Morgan fingerprint density at radius 1 is 1.38 bits per heavy atom. The first-order valence-electron chi connectivity index (χ1n) is 7.43. The molecule has 2 rings (SSSR count). The van der Waals surface area contributed by atoms with Gasteiger partial charge < -0.3 is 5.11 Å². The lowest BCUT2D eigenvalue weighted by molar-refractivity contribution is -0.334. The molecular formula is C17H20NO5S+. The van der Waals surface area contributed by atoms with Gasteiger partial charge in [-0.1, -0.05) is 6.92 Å². The van der Waals surface area contributed by atoms with E-state index in [0.717, 1.165) is 17.0 Å². The van der Waals surface area contributed by atoms with E-state index in [4.69, 9.17) is 5.11 Å². The summed E-state index contributed by atoms with van der Waals surface area (Å²) in [7, 11) is -4.28. The van der Waals surface area contributed by atoms with Crippen LogP contribution in [0.15, 0.2) is 23.1 Å². The molecule has 0 saturated heterocycles. The molecule has 1 aliphatic rings. The monoisotopic (exact) mass is 350 g/mol. The van der Waals surface area contributed by atoms with Gasteiger partial charge in [-0.15, -0.1) is 4.58 Å². The Bertz CT molecular complexity index is 901. The molecule has 7 heteroatoms. The molecular weight excluding hydrogens is 330 g/mol. The SMILES string of the molecule is CC1=[N+](C#CCC(C)C(=O)O)c2ccc(S(=O)(=O)O)cc2C1(C)C. The number of rotatable bonds is 3. The van der Waals surface area contributed by atoms with Crippen LogP contribution < -0.4 is 0 Å². The normalized spacial score (nSPS) is 17.0. The molecule has 1 unspecified atom stereocenters. The van der Waals surface area contributed by atoms with Gasteiger partial charge in [0.25, 0.3) is 10.1 Å². The summed E-state index contributed by atoms with van der Waals surface area (Å²) in [5.74, 6) is 1.41. The summed E-state index contributed by atoms with van der Waals surface area (Å²) < 4.78 is 33.7. The molecule has 0 aromatic heterocycles. The highest BCUT2D eigenvalue weighted by Gasteiger charge is 2.43. The first-order chi connectivity index (χ1) is 11.0. The Kier molecular flexibility index (Phi) is 4.57. The summed E-state index contributed by atoms with van der Waals surface area (Å²) in [6, 6.07) is 7.35. The molecule has 1 atom stereocenters. The number of benzene rings is 1. The highest BCUT2D eigenvalue weighted by atomic mass is 32.2. The third-order valence-electron chi connectivity index (χ3n) is 4.44. The van der Waals surface area contributed by atoms with Crippen LogP contribution in [-0.4, -0.2) is 34.3 Å². The minimum Gasteiger partial charge on any atom is -0.481 e. The van der Waals surface area contributed by atoms with E-state index in [-0.39, 0.29) is 11.3 Å². The van der Waals surface area contributed by atoms with Crippen LogP contribution in [0, 0.1) is 17.9 Å². The molecule has 0 aliphatic carbocycles. The van der Waals surface area contributed by atoms with Crippen LogP contribution >= 0.6 is 0 Å². The van der Waals surface area contributed by atoms with Crippen LogP contribution in [0.5, 0.6) is 0 Å². The largest absolute Gasteiger partial charge is 0.481 e. The molecule has 1 aromatic carbocycles. The second kappa shape index (κ2) is 6.04. The van der Waals surface area contributed by atoms with Gasteiger partial charge in [0.15, 0.2) is 5.71 Å². The number of hydrogen-bond acceptors (Lipinski definition) is 3. The molecule has 1 aliphatic heterocycles. The van der Waals surface area contributed by atoms with Crippen LogP contribution in [0.2, 0.25) is 0 Å². The molecule has 0 bridgehead atoms. The van der Waals surface area contributed by atoms with Gasteiger partial charge in [0.2, 0.25) is 11.7 Å². The third kappa shape index (κ3) is 3.21. The van der Waals surface area contributed by atoms with Gasteiger partial charge in [-0.25, -0.2) is 0 Å². The zero-order valence-corrected chi connectivity index (χ0v) is 14.8. The van der Waals surface area contributed by atoms with E-state index < -0.39 is 27.4 Å². The standard InChI is InChI=1S/C17H19NO5S/c1-11(16(19)20)6-5-9-18-12(2)17(3,4)14-10-13(24(21,22)23)7-8-15(14)18/h7-8,10-11H,6H2,1-4H3,(H-,19,20,21,22,23)/p+1. The summed E-state index contributed by atoms with van der Waals surface area (Å²) in [6.07, 6.45) is 0.220. The Morgan fingerprint density at radius 2 is 2.00 bits per heavy atom. The Labute approximate surface area is 141 Å². The molecule has 1 aromatic rings. The van der Waals surface area contributed by atoms with Gasteiger partial charge in [-0.2, -0.15) is 8.42 Å². The quantitative estimate of drug-likeness (QED) is 0.496. The number of aliphatic carboxylic acids is 1. The predicted octanol–water partition coefficient (Wildman–Crippen LogP) is 2.40. The van der Waals surface area contributed by atoms with Gasteiger partial charge in [-0.3, -0.25) is 9.35 Å². The van der Waals surface area contributed by atoms with E-state index in [2.05, 4.69) is 12.0 Å². The minimum absolute atomic E-state index is 0.156. The number of fused-ring (bicyclic) bond motifs is 1. The first-order valence-corrected chi connectivity index (χ1v) is 8.87. The average Bonchev–Trinajstić information content (AvgIpc) is 2.66. The van der Waals surface area contributed by atoms with Crippen molar-refractivity contribution in [1.29, 1.82) is 0 Å². The second-order valence-electron chi connectivity index (χ2n) is 6.43. The zero-order chi connectivity index (χ0) is 18.3. The van der Waals surface area contributed by atoms with Crippen LogP contribution in [0.4, 0.5) is 5.69 Å². The van der Waals surface area contributed by atoms with Crippen LogP contribution in [-0.2, 0) is 20.3 Å². The highest BCUT2D eigenvalue weighted by molar-refractivity contribution is 7.85. The lowest BCUT2D eigenvalue weighted by atomic mass is 9.82. The number of hydrogen-bond donors (Lipinski definition) is 2. The molecule has 0 saturated carbocycles. The molecule has 6 nitrogen and oxygen atoms in total. The maximum atomic E-state index is 11.4. The summed E-state index contributed by atoms with van der Waals surface area (Å²) >= 11 is 0. The lowest BCUT2D eigenvalue weighted by Gasteiger charge is -2.14. The molecule has 24 heavy (non-hydrogen) atoms. The predicted molar refractivity (Wildman–Crippen MR) is 89.1 cm³/mol. The van der Waals surface area contributed by atoms with E-state index in [1.54, 1.807) is 17.6 Å². The molecule has 128 valence electrons. The summed E-state index contributed by atoms with van der Waals surface area (Å²) in [5.41, 5.74) is 1.93. The molecule has 1 heterocycles. The Hall–Kier alpha value is -2.17. The summed E-state index contributed by atoms with van der Waals surface area (Å²) in [6.45, 7) is 7.36. The zero-order valence-electron chi connectivity index (χ0n) is 14.0. The number of carboxylic acids is 1. The average molecular weight is 350 g/mol. The fourth-order valence-corrected chi connectivity index (χ4v) is 3.04. The van der Waals surface area contributed by atoms with Gasteiger partial charge in [0.1, 0.15) is 0 Å². The Balaban J connectivity index is 2.49. The van der Waals surface area contributed by atoms with Crippen molar-refractivity contribution >= 4 is 27.5 Å². The van der Waals surface area contributed by atoms with Crippen molar-refractivity contribution in [2.45, 2.75) is 44.4 Å². The van der Waals surface area contributed by atoms with E-state index in [1.165, 1.54) is 12.1 Å². The highest BCUT2D eigenvalue weighted by Crippen LogP contribution is 2.40. The Morgan fingerprint density at radius 3 is 2.54 bits per heavy atom. The van der Waals surface area contributed by atoms with Crippen molar-refractivity contribution < 1.29 is 27.4 Å². The van der Waals surface area contributed by atoms with Crippen LogP contribution in [0.25, 0.3) is 0 Å². The summed E-state index contributed by atoms with van der Waals surface area (Å²) in [4.78, 5) is 10.7. The van der Waals surface area contributed by atoms with Crippen molar-refractivity contribution in [3.05, 3.63) is 23.8 Å². The van der Waals surface area contributed by atoms with Crippen molar-refractivity contribution in [2.75, 3.05) is 0 Å². The molecule has 0 radical (unpaired) electrons. The number of carbonyl (C=O) groups is 1. The van der Waals surface area contributed by atoms with Crippen molar-refractivity contribution in [2.24, 2.45) is 5.92 Å². The smallest absolute Gasteiger partial charge is 0.307 e.